The summed E-state index contributed by atoms with van der Waals surface area (Å²) in [4.78, 5) is 29.9. The summed E-state index contributed by atoms with van der Waals surface area (Å²) in [5.74, 6) is -2.23. The molecule has 2 aromatic rings. The third-order valence-electron chi connectivity index (χ3n) is 2.98. The fraction of sp³-hybridized carbons (Fsp3) is 0.200. The topological polar surface area (TPSA) is 93.2 Å². The molecule has 1 heterocycles. The normalized spacial score (nSPS) is 10.9. The van der Waals surface area contributed by atoms with E-state index in [9.17, 15) is 22.8 Å². The van der Waals surface area contributed by atoms with Gasteiger partial charge in [0.2, 0.25) is 11.9 Å². The fourth-order valence-corrected chi connectivity index (χ4v) is 1.87. The first kappa shape index (κ1) is 18.2. The Hall–Kier alpha value is -3.17. The lowest BCUT2D eigenvalue weighted by Gasteiger charge is -2.12. The van der Waals surface area contributed by atoms with Crippen LogP contribution in [0.4, 0.5) is 19.1 Å². The first-order valence-electron chi connectivity index (χ1n) is 6.92. The molecule has 1 aromatic carbocycles. The molecule has 0 spiro atoms. The summed E-state index contributed by atoms with van der Waals surface area (Å²) in [7, 11) is 0.943. The molecule has 2 rings (SSSR count). The first-order chi connectivity index (χ1) is 11.8. The van der Waals surface area contributed by atoms with Crippen molar-refractivity contribution in [3.8, 4) is 0 Å². The zero-order chi connectivity index (χ0) is 18.4. The van der Waals surface area contributed by atoms with Crippen molar-refractivity contribution in [2.24, 2.45) is 0 Å². The van der Waals surface area contributed by atoms with Crippen molar-refractivity contribution in [1.82, 2.24) is 15.4 Å². The maximum absolute atomic E-state index is 13.0. The minimum absolute atomic E-state index is 0.0141. The predicted octanol–water partition coefficient (Wildman–Crippen LogP) is 1.97. The summed E-state index contributed by atoms with van der Waals surface area (Å²) in [5.41, 5.74) is 2.81. The van der Waals surface area contributed by atoms with Crippen molar-refractivity contribution in [3.05, 3.63) is 53.3 Å². The minimum atomic E-state index is -4.89. The molecule has 132 valence electrons. The van der Waals surface area contributed by atoms with Gasteiger partial charge in [0.05, 0.1) is 13.5 Å². The lowest BCUT2D eigenvalue weighted by molar-refractivity contribution is -0.141. The van der Waals surface area contributed by atoms with Gasteiger partial charge >= 0.3 is 12.1 Å². The second-order valence-electron chi connectivity index (χ2n) is 4.78. The van der Waals surface area contributed by atoms with Crippen molar-refractivity contribution in [2.45, 2.75) is 12.6 Å². The van der Waals surface area contributed by atoms with Gasteiger partial charge in [0.1, 0.15) is 5.56 Å². The van der Waals surface area contributed by atoms with Crippen LogP contribution in [-0.2, 0) is 22.1 Å². The number of carbonyl (C=O) groups is 2. The molecule has 0 saturated heterocycles. The van der Waals surface area contributed by atoms with E-state index >= 15 is 0 Å². The van der Waals surface area contributed by atoms with Gasteiger partial charge in [-0.1, -0.05) is 30.3 Å². The standard InChI is InChI=1S/C15H13F3N4O3/c1-25-13(24)10-8-19-14(20-12(10)15(16,17)18)22-21-11(23)7-9-5-3-2-4-6-9/h2-6,8H,7H2,1H3,(H,21,23)(H,19,20,22). The number of ether oxygens (including phenoxy) is 1. The van der Waals surface area contributed by atoms with Gasteiger partial charge in [-0.2, -0.15) is 13.2 Å². The molecule has 0 fully saturated rings. The van der Waals surface area contributed by atoms with Crippen LogP contribution < -0.4 is 10.9 Å². The van der Waals surface area contributed by atoms with E-state index in [4.69, 9.17) is 0 Å². The maximum atomic E-state index is 13.0. The van der Waals surface area contributed by atoms with Crippen LogP contribution in [0, 0.1) is 0 Å². The molecule has 0 radical (unpaired) electrons. The third-order valence-corrected chi connectivity index (χ3v) is 2.98. The summed E-state index contributed by atoms with van der Waals surface area (Å²) >= 11 is 0. The van der Waals surface area contributed by atoms with Gasteiger partial charge in [0, 0.05) is 6.20 Å². The van der Waals surface area contributed by atoms with Gasteiger partial charge in [0.15, 0.2) is 5.69 Å². The van der Waals surface area contributed by atoms with Crippen LogP contribution in [-0.4, -0.2) is 29.0 Å². The number of anilines is 1. The number of hydrazine groups is 1. The van der Waals surface area contributed by atoms with E-state index in [-0.39, 0.29) is 6.42 Å². The number of benzene rings is 1. The van der Waals surface area contributed by atoms with Crippen LogP contribution in [0.2, 0.25) is 0 Å². The Kier molecular flexibility index (Phi) is 5.52. The van der Waals surface area contributed by atoms with E-state index in [2.05, 4.69) is 25.6 Å². The maximum Gasteiger partial charge on any atom is 0.434 e. The van der Waals surface area contributed by atoms with Crippen molar-refractivity contribution >= 4 is 17.8 Å². The summed E-state index contributed by atoms with van der Waals surface area (Å²) < 4.78 is 43.3. The highest BCUT2D eigenvalue weighted by molar-refractivity contribution is 5.90. The van der Waals surface area contributed by atoms with Gasteiger partial charge in [-0.15, -0.1) is 0 Å². The Bertz CT molecular complexity index is 766. The van der Waals surface area contributed by atoms with Crippen molar-refractivity contribution < 1.29 is 27.5 Å². The number of aromatic nitrogens is 2. The smallest absolute Gasteiger partial charge is 0.434 e. The van der Waals surface area contributed by atoms with Crippen molar-refractivity contribution in [3.63, 3.8) is 0 Å². The van der Waals surface area contributed by atoms with Gasteiger partial charge in [-0.25, -0.2) is 14.8 Å². The van der Waals surface area contributed by atoms with Crippen LogP contribution in [0.5, 0.6) is 0 Å². The Balaban J connectivity index is 2.09. The molecule has 2 N–H and O–H groups in total. The van der Waals surface area contributed by atoms with Gasteiger partial charge in [0.25, 0.3) is 0 Å². The number of esters is 1. The molecular formula is C15H13F3N4O3. The number of methoxy groups -OCH3 is 1. The molecule has 1 aromatic heterocycles. The summed E-state index contributed by atoms with van der Waals surface area (Å²) in [6, 6.07) is 8.74. The predicted molar refractivity (Wildman–Crippen MR) is 80.3 cm³/mol. The van der Waals surface area contributed by atoms with Crippen LogP contribution in [0.25, 0.3) is 0 Å². The number of carbonyl (C=O) groups excluding carboxylic acids is 2. The third kappa shape index (κ3) is 4.90. The molecule has 0 bridgehead atoms. The largest absolute Gasteiger partial charge is 0.465 e. The summed E-state index contributed by atoms with van der Waals surface area (Å²) in [5, 5.41) is 0. The highest BCUT2D eigenvalue weighted by Gasteiger charge is 2.38. The number of nitrogens with zero attached hydrogens (tertiary/aromatic N) is 2. The minimum Gasteiger partial charge on any atom is -0.465 e. The number of rotatable bonds is 5. The van der Waals surface area contributed by atoms with E-state index < -0.39 is 35.3 Å². The second-order valence-corrected chi connectivity index (χ2v) is 4.78. The van der Waals surface area contributed by atoms with Crippen LogP contribution in [0.1, 0.15) is 21.6 Å². The molecule has 1 amide bonds. The Morgan fingerprint density at radius 2 is 1.88 bits per heavy atom. The zero-order valence-electron chi connectivity index (χ0n) is 12.9. The quantitative estimate of drug-likeness (QED) is 0.630. The van der Waals surface area contributed by atoms with Crippen molar-refractivity contribution in [2.75, 3.05) is 12.5 Å². The molecule has 0 saturated carbocycles. The van der Waals surface area contributed by atoms with Gasteiger partial charge < -0.3 is 4.74 Å². The van der Waals surface area contributed by atoms with Crippen LogP contribution >= 0.6 is 0 Å². The lowest BCUT2D eigenvalue weighted by atomic mass is 10.1. The zero-order valence-corrected chi connectivity index (χ0v) is 12.9. The molecule has 10 heteroatoms. The molecule has 0 unspecified atom stereocenters. The molecule has 0 aliphatic rings. The van der Waals surface area contributed by atoms with E-state index in [1.165, 1.54) is 0 Å². The number of amides is 1. The second kappa shape index (κ2) is 7.60. The monoisotopic (exact) mass is 354 g/mol. The molecule has 7 nitrogen and oxygen atoms in total. The molecule has 25 heavy (non-hydrogen) atoms. The average molecular weight is 354 g/mol. The van der Waals surface area contributed by atoms with E-state index in [1.54, 1.807) is 30.3 Å². The SMILES string of the molecule is COC(=O)c1cnc(NNC(=O)Cc2ccccc2)nc1C(F)(F)F. The van der Waals surface area contributed by atoms with Gasteiger partial charge in [-0.3, -0.25) is 15.6 Å². The average Bonchev–Trinajstić information content (AvgIpc) is 2.59. The number of hydrogen-bond donors (Lipinski definition) is 2. The van der Waals surface area contributed by atoms with Crippen molar-refractivity contribution in [1.29, 1.82) is 0 Å². The number of alkyl halides is 3. The lowest BCUT2D eigenvalue weighted by Crippen LogP contribution is -2.32. The number of halogens is 3. The van der Waals surface area contributed by atoms with Crippen LogP contribution in [0.15, 0.2) is 36.5 Å². The Labute approximate surface area is 140 Å². The van der Waals surface area contributed by atoms with Crippen LogP contribution in [0.3, 0.4) is 0 Å². The summed E-state index contributed by atoms with van der Waals surface area (Å²) in [6.07, 6.45) is -4.20. The van der Waals surface area contributed by atoms with E-state index in [0.717, 1.165) is 12.7 Å². The molecule has 0 aliphatic heterocycles. The molecular weight excluding hydrogens is 341 g/mol. The Morgan fingerprint density at radius 3 is 2.48 bits per heavy atom. The highest BCUT2D eigenvalue weighted by Crippen LogP contribution is 2.30. The molecule has 0 aliphatic carbocycles. The van der Waals surface area contributed by atoms with E-state index in [1.807, 2.05) is 0 Å². The Morgan fingerprint density at radius 1 is 1.20 bits per heavy atom. The van der Waals surface area contributed by atoms with E-state index in [0.29, 0.717) is 6.20 Å². The highest BCUT2D eigenvalue weighted by atomic mass is 19.4. The molecule has 0 atom stereocenters. The fourth-order valence-electron chi connectivity index (χ4n) is 1.87. The number of nitrogens with one attached hydrogen (secondary N) is 2. The first-order valence-corrected chi connectivity index (χ1v) is 6.92. The van der Waals surface area contributed by atoms with Gasteiger partial charge in [-0.05, 0) is 5.56 Å². The summed E-state index contributed by atoms with van der Waals surface area (Å²) in [6.45, 7) is 0. The number of hydrogen-bond acceptors (Lipinski definition) is 6.